The van der Waals surface area contributed by atoms with E-state index in [2.05, 4.69) is 5.32 Å². The van der Waals surface area contributed by atoms with E-state index in [0.717, 1.165) is 6.42 Å². The Morgan fingerprint density at radius 2 is 2.27 bits per heavy atom. The molecule has 0 amide bonds. The molecule has 0 unspecified atom stereocenters. The van der Waals surface area contributed by atoms with Crippen LogP contribution in [0.25, 0.3) is 0 Å². The van der Waals surface area contributed by atoms with Crippen molar-refractivity contribution in [1.82, 2.24) is 5.32 Å². The van der Waals surface area contributed by atoms with Crippen LogP contribution >= 0.6 is 0 Å². The number of fused-ring (bicyclic) bond motifs is 1. The minimum atomic E-state index is -0.681. The van der Waals surface area contributed by atoms with E-state index in [1.807, 2.05) is 0 Å². The predicted octanol–water partition coefficient (Wildman–Crippen LogP) is 0.602. The molecular weight excluding hydrogens is 142 g/mol. The van der Waals surface area contributed by atoms with Crippen LogP contribution < -0.4 is 5.32 Å². The number of carbonyl (C=O) groups is 1. The molecule has 1 saturated heterocycles. The molecule has 1 saturated carbocycles. The van der Waals surface area contributed by atoms with E-state index >= 15 is 0 Å². The van der Waals surface area contributed by atoms with Crippen LogP contribution in [0.15, 0.2) is 0 Å². The number of hydrogen-bond acceptors (Lipinski definition) is 2. The van der Waals surface area contributed by atoms with E-state index in [-0.39, 0.29) is 6.04 Å². The van der Waals surface area contributed by atoms with Crippen LogP contribution in [0.2, 0.25) is 0 Å². The maximum Gasteiger partial charge on any atom is 0.320 e. The average molecular weight is 155 g/mol. The highest BCUT2D eigenvalue weighted by Gasteiger charge is 2.39. The smallest absolute Gasteiger partial charge is 0.320 e. The van der Waals surface area contributed by atoms with Gasteiger partial charge in [0.25, 0.3) is 0 Å². The van der Waals surface area contributed by atoms with Gasteiger partial charge in [-0.25, -0.2) is 0 Å². The zero-order valence-corrected chi connectivity index (χ0v) is 6.42. The Balaban J connectivity index is 1.99. The summed E-state index contributed by atoms with van der Waals surface area (Å²) in [6, 6.07) is 0.251. The topological polar surface area (TPSA) is 49.3 Å². The van der Waals surface area contributed by atoms with Gasteiger partial charge in [-0.1, -0.05) is 6.42 Å². The Morgan fingerprint density at radius 1 is 1.45 bits per heavy atom. The number of carboxylic acids is 1. The van der Waals surface area contributed by atoms with Gasteiger partial charge >= 0.3 is 5.97 Å². The molecule has 1 aliphatic heterocycles. The van der Waals surface area contributed by atoms with E-state index in [4.69, 9.17) is 5.11 Å². The SMILES string of the molecule is O=C(O)[C@@H]1C[C@H]2CCC[C@@H]2N1. The van der Waals surface area contributed by atoms with Crippen LogP contribution in [-0.2, 0) is 4.79 Å². The maximum atomic E-state index is 10.6. The summed E-state index contributed by atoms with van der Waals surface area (Å²) in [5, 5.41) is 11.9. The third-order valence-electron chi connectivity index (χ3n) is 2.91. The molecule has 2 rings (SSSR count). The van der Waals surface area contributed by atoms with Crippen molar-refractivity contribution in [3.05, 3.63) is 0 Å². The van der Waals surface area contributed by atoms with Crippen LogP contribution in [-0.4, -0.2) is 23.2 Å². The summed E-state index contributed by atoms with van der Waals surface area (Å²) in [6.07, 6.45) is 4.52. The summed E-state index contributed by atoms with van der Waals surface area (Å²) in [5.74, 6) is -0.0319. The van der Waals surface area contributed by atoms with Crippen LogP contribution in [0.5, 0.6) is 0 Å². The Labute approximate surface area is 65.8 Å². The third-order valence-corrected chi connectivity index (χ3v) is 2.91. The van der Waals surface area contributed by atoms with E-state index < -0.39 is 5.97 Å². The third kappa shape index (κ3) is 1.13. The van der Waals surface area contributed by atoms with Crippen molar-refractivity contribution in [1.29, 1.82) is 0 Å². The standard InChI is InChI=1S/C8H13NO2/c10-8(11)7-4-5-2-1-3-6(5)9-7/h5-7,9H,1-4H2,(H,10,11)/t5-,6+,7+/m1/s1. The monoisotopic (exact) mass is 155 g/mol. The Kier molecular flexibility index (Phi) is 1.60. The van der Waals surface area contributed by atoms with Gasteiger partial charge in [0.05, 0.1) is 0 Å². The zero-order valence-electron chi connectivity index (χ0n) is 6.42. The van der Waals surface area contributed by atoms with Gasteiger partial charge in [-0.3, -0.25) is 4.79 Å². The average Bonchev–Trinajstić information content (AvgIpc) is 2.40. The molecule has 1 heterocycles. The summed E-state index contributed by atoms with van der Waals surface area (Å²) in [7, 11) is 0. The van der Waals surface area contributed by atoms with Crippen molar-refractivity contribution in [2.75, 3.05) is 0 Å². The molecule has 0 radical (unpaired) electrons. The fourth-order valence-electron chi connectivity index (χ4n) is 2.34. The first-order chi connectivity index (χ1) is 5.27. The first-order valence-corrected chi connectivity index (χ1v) is 4.26. The second-order valence-electron chi connectivity index (χ2n) is 3.59. The molecule has 62 valence electrons. The van der Waals surface area contributed by atoms with Crippen molar-refractivity contribution in [2.45, 2.75) is 37.8 Å². The second kappa shape index (κ2) is 2.48. The number of nitrogens with one attached hydrogen (secondary N) is 1. The van der Waals surface area contributed by atoms with Crippen molar-refractivity contribution in [3.8, 4) is 0 Å². The predicted molar refractivity (Wildman–Crippen MR) is 40.3 cm³/mol. The van der Waals surface area contributed by atoms with Gasteiger partial charge < -0.3 is 10.4 Å². The second-order valence-corrected chi connectivity index (χ2v) is 3.59. The summed E-state index contributed by atoms with van der Waals surface area (Å²) in [5.41, 5.74) is 0. The summed E-state index contributed by atoms with van der Waals surface area (Å²) >= 11 is 0. The molecule has 3 heteroatoms. The highest BCUT2D eigenvalue weighted by molar-refractivity contribution is 5.74. The van der Waals surface area contributed by atoms with Crippen LogP contribution in [0, 0.1) is 5.92 Å². The lowest BCUT2D eigenvalue weighted by atomic mass is 10.0. The fraction of sp³-hybridized carbons (Fsp3) is 0.875. The van der Waals surface area contributed by atoms with E-state index in [1.165, 1.54) is 19.3 Å². The van der Waals surface area contributed by atoms with E-state index in [0.29, 0.717) is 12.0 Å². The normalized spacial score (nSPS) is 42.4. The first-order valence-electron chi connectivity index (χ1n) is 4.26. The highest BCUT2D eigenvalue weighted by atomic mass is 16.4. The largest absolute Gasteiger partial charge is 0.480 e. The number of hydrogen-bond donors (Lipinski definition) is 2. The molecule has 0 aromatic heterocycles. The molecule has 11 heavy (non-hydrogen) atoms. The van der Waals surface area contributed by atoms with Crippen LogP contribution in [0.1, 0.15) is 25.7 Å². The zero-order chi connectivity index (χ0) is 7.84. The van der Waals surface area contributed by atoms with Gasteiger partial charge in [-0.2, -0.15) is 0 Å². The Bertz CT molecular complexity index is 169. The van der Waals surface area contributed by atoms with Gasteiger partial charge in [0.15, 0.2) is 0 Å². The highest BCUT2D eigenvalue weighted by Crippen LogP contribution is 2.34. The molecule has 3 atom stereocenters. The quantitative estimate of drug-likeness (QED) is 0.583. The van der Waals surface area contributed by atoms with Gasteiger partial charge in [-0.05, 0) is 25.2 Å². The van der Waals surface area contributed by atoms with Gasteiger partial charge in [0.2, 0.25) is 0 Å². The van der Waals surface area contributed by atoms with Gasteiger partial charge in [0, 0.05) is 6.04 Å². The minimum absolute atomic E-state index is 0.259. The molecule has 2 fully saturated rings. The number of rotatable bonds is 1. The van der Waals surface area contributed by atoms with Crippen molar-refractivity contribution in [2.24, 2.45) is 5.92 Å². The lowest BCUT2D eigenvalue weighted by Gasteiger charge is -2.07. The fourth-order valence-corrected chi connectivity index (χ4v) is 2.34. The molecule has 0 spiro atoms. The summed E-state index contributed by atoms with van der Waals surface area (Å²) in [4.78, 5) is 10.6. The molecule has 0 aromatic carbocycles. The van der Waals surface area contributed by atoms with Gasteiger partial charge in [-0.15, -0.1) is 0 Å². The Hall–Kier alpha value is -0.570. The molecule has 2 aliphatic rings. The lowest BCUT2D eigenvalue weighted by Crippen LogP contribution is -2.34. The van der Waals surface area contributed by atoms with Gasteiger partial charge in [0.1, 0.15) is 6.04 Å². The van der Waals surface area contributed by atoms with E-state index in [9.17, 15) is 4.79 Å². The lowest BCUT2D eigenvalue weighted by molar-refractivity contribution is -0.139. The molecular formula is C8H13NO2. The number of carboxylic acid groups (broad SMARTS) is 1. The molecule has 0 aromatic rings. The molecule has 1 aliphatic carbocycles. The summed E-state index contributed by atoms with van der Waals surface area (Å²) in [6.45, 7) is 0. The summed E-state index contributed by atoms with van der Waals surface area (Å²) < 4.78 is 0. The number of aliphatic carboxylic acids is 1. The van der Waals surface area contributed by atoms with Crippen LogP contribution in [0.3, 0.4) is 0 Å². The van der Waals surface area contributed by atoms with Crippen molar-refractivity contribution in [3.63, 3.8) is 0 Å². The molecule has 0 bridgehead atoms. The molecule has 2 N–H and O–H groups in total. The van der Waals surface area contributed by atoms with E-state index in [1.54, 1.807) is 0 Å². The molecule has 3 nitrogen and oxygen atoms in total. The van der Waals surface area contributed by atoms with Crippen molar-refractivity contribution < 1.29 is 9.90 Å². The Morgan fingerprint density at radius 3 is 2.91 bits per heavy atom. The van der Waals surface area contributed by atoms with Crippen molar-refractivity contribution >= 4 is 5.97 Å². The minimum Gasteiger partial charge on any atom is -0.480 e. The maximum absolute atomic E-state index is 10.6. The first kappa shape index (κ1) is 7.10. The van der Waals surface area contributed by atoms with Crippen LogP contribution in [0.4, 0.5) is 0 Å².